The number of primary sulfonamides is 1. The Morgan fingerprint density at radius 3 is 2.31 bits per heavy atom. The molecule has 1 atom stereocenters. The normalized spacial score (nSPS) is 16.1. The minimum atomic E-state index is -4.05. The summed E-state index contributed by atoms with van der Waals surface area (Å²) in [5.41, 5.74) is 5.03. The van der Waals surface area contributed by atoms with Crippen molar-refractivity contribution in [2.45, 2.75) is 88.2 Å². The van der Waals surface area contributed by atoms with E-state index in [0.29, 0.717) is 63.2 Å². The smallest absolute Gasteiger partial charge is 0.329 e. The van der Waals surface area contributed by atoms with E-state index in [-0.39, 0.29) is 47.5 Å². The van der Waals surface area contributed by atoms with Crippen molar-refractivity contribution < 1.29 is 59.7 Å². The molecular weight excluding hydrogens is 939 g/mol. The van der Waals surface area contributed by atoms with Crippen LogP contribution in [0.3, 0.4) is 0 Å². The van der Waals surface area contributed by atoms with Gasteiger partial charge in [-0.2, -0.15) is 13.0 Å². The highest BCUT2D eigenvalue weighted by Crippen LogP contribution is 2.48. The summed E-state index contributed by atoms with van der Waals surface area (Å²) in [5, 5.41) is 20.3. The van der Waals surface area contributed by atoms with Gasteiger partial charge in [-0.1, -0.05) is 62.4 Å². The van der Waals surface area contributed by atoms with Crippen molar-refractivity contribution in [2.75, 3.05) is 56.7 Å². The topological polar surface area (TPSA) is 244 Å². The zero-order chi connectivity index (χ0) is 51.1. The standard InChI is InChI=1S/C51H65N5O12S2/c1-6-31-66-48(68-35-47(58)59)36-67-38-19-17-18-37(33-38)49(60)54-28-14-8-13-27-53-46(57)26-30-56-43-25-24-39(70(52,64)65)34-41(43)51(4,5)45(56)23-10-7-9-22-44-50(2,3)40-20-11-12-21-42(40)55(44)29-15-16-32-69(61,62)63/h6-7,9-12,17-25,33-34,48H,1,8,13-16,26-32,35-36H2,2-5H3,(H5-,52,53,54,57,58,59,60,61,62,63,64,65)/p+1. The Balaban J connectivity index is 1.16. The number of hydrogen-bond donors (Lipinski definition) is 5. The molecule has 0 saturated carbocycles. The number of fused-ring (bicyclic) bond motifs is 2. The average Bonchev–Trinajstić information content (AvgIpc) is 3.65. The number of benzene rings is 3. The molecule has 3 aromatic rings. The van der Waals surface area contributed by atoms with Crippen LogP contribution >= 0.6 is 0 Å². The molecule has 2 heterocycles. The van der Waals surface area contributed by atoms with Gasteiger partial charge >= 0.3 is 5.97 Å². The third-order valence-corrected chi connectivity index (χ3v) is 13.8. The fraction of sp³-hybridized carbons (Fsp3) is 0.412. The molecule has 378 valence electrons. The highest BCUT2D eigenvalue weighted by atomic mass is 32.2. The Morgan fingerprint density at radius 2 is 1.60 bits per heavy atom. The molecule has 19 heteroatoms. The van der Waals surface area contributed by atoms with Crippen LogP contribution < -0.4 is 25.4 Å². The number of carboxylic acids is 1. The van der Waals surface area contributed by atoms with E-state index in [0.717, 1.165) is 40.3 Å². The number of hydrogen-bond acceptors (Lipinski definition) is 11. The number of allylic oxidation sites excluding steroid dienone is 6. The van der Waals surface area contributed by atoms with Crippen LogP contribution in [0.1, 0.15) is 87.7 Å². The van der Waals surface area contributed by atoms with Crippen LogP contribution in [0.5, 0.6) is 5.75 Å². The van der Waals surface area contributed by atoms with Gasteiger partial charge < -0.3 is 34.9 Å². The zero-order valence-electron chi connectivity index (χ0n) is 40.3. The van der Waals surface area contributed by atoms with Crippen molar-refractivity contribution in [2.24, 2.45) is 5.14 Å². The third-order valence-electron chi connectivity index (χ3n) is 12.1. The second-order valence-corrected chi connectivity index (χ2v) is 21.1. The van der Waals surface area contributed by atoms with E-state index in [1.807, 2.05) is 61.3 Å². The number of aliphatic carboxylic acids is 1. The molecule has 0 radical (unpaired) electrons. The minimum Gasteiger partial charge on any atom is -0.488 e. The number of nitrogens with one attached hydrogen (secondary N) is 2. The van der Waals surface area contributed by atoms with Gasteiger partial charge in [0.1, 0.15) is 25.5 Å². The molecule has 5 rings (SSSR count). The van der Waals surface area contributed by atoms with Crippen LogP contribution in [-0.4, -0.2) is 113 Å². The van der Waals surface area contributed by atoms with Crippen LogP contribution in [-0.2, 0) is 50.0 Å². The summed E-state index contributed by atoms with van der Waals surface area (Å²) in [4.78, 5) is 39.0. The van der Waals surface area contributed by atoms with E-state index in [2.05, 4.69) is 47.8 Å². The Bertz CT molecular complexity index is 2730. The Kier molecular flexibility index (Phi) is 19.4. The van der Waals surface area contributed by atoms with Gasteiger partial charge in [-0.15, -0.1) is 6.58 Å². The van der Waals surface area contributed by atoms with Crippen molar-refractivity contribution in [3.05, 3.63) is 132 Å². The summed E-state index contributed by atoms with van der Waals surface area (Å²) in [5.74, 6) is -1.50. The van der Waals surface area contributed by atoms with Crippen molar-refractivity contribution in [1.82, 2.24) is 10.6 Å². The number of ether oxygens (including phenoxy) is 3. The highest BCUT2D eigenvalue weighted by Gasteiger charge is 2.44. The fourth-order valence-electron chi connectivity index (χ4n) is 8.50. The lowest BCUT2D eigenvalue weighted by Gasteiger charge is -2.27. The zero-order valence-corrected chi connectivity index (χ0v) is 41.9. The lowest BCUT2D eigenvalue weighted by atomic mass is 9.81. The third kappa shape index (κ3) is 15.3. The summed E-state index contributed by atoms with van der Waals surface area (Å²) < 4.78 is 75.2. The Hall–Kier alpha value is -5.96. The predicted octanol–water partition coefficient (Wildman–Crippen LogP) is 6.29. The van der Waals surface area contributed by atoms with E-state index >= 15 is 0 Å². The minimum absolute atomic E-state index is 0.00157. The molecule has 0 aromatic heterocycles. The van der Waals surface area contributed by atoms with E-state index in [1.54, 1.807) is 36.4 Å². The highest BCUT2D eigenvalue weighted by molar-refractivity contribution is 7.89. The summed E-state index contributed by atoms with van der Waals surface area (Å²) in [6.45, 7) is 13.1. The van der Waals surface area contributed by atoms with Crippen molar-refractivity contribution >= 4 is 55.0 Å². The molecule has 0 fully saturated rings. The number of carbonyl (C=O) groups is 3. The number of anilines is 1. The Labute approximate surface area is 411 Å². The van der Waals surface area contributed by atoms with Crippen molar-refractivity contribution in [3.8, 4) is 5.75 Å². The molecule has 2 aliphatic heterocycles. The average molecular weight is 1010 g/mol. The van der Waals surface area contributed by atoms with Gasteiger partial charge in [-0.05, 0) is 87.6 Å². The van der Waals surface area contributed by atoms with Gasteiger partial charge in [0.05, 0.1) is 22.7 Å². The molecule has 0 saturated heterocycles. The number of rotatable bonds is 28. The van der Waals surface area contributed by atoms with Gasteiger partial charge in [0.2, 0.25) is 21.6 Å². The number of para-hydroxylation sites is 1. The Morgan fingerprint density at radius 1 is 0.857 bits per heavy atom. The van der Waals surface area contributed by atoms with Gasteiger partial charge in [0.25, 0.3) is 16.0 Å². The van der Waals surface area contributed by atoms with Gasteiger partial charge in [0, 0.05) is 72.5 Å². The maximum absolute atomic E-state index is 13.2. The first kappa shape index (κ1) is 55.0. The molecule has 3 aromatic carbocycles. The van der Waals surface area contributed by atoms with Crippen LogP contribution in [0.4, 0.5) is 11.4 Å². The molecule has 0 aliphatic carbocycles. The molecule has 70 heavy (non-hydrogen) atoms. The lowest BCUT2D eigenvalue weighted by Crippen LogP contribution is -2.32. The second-order valence-electron chi connectivity index (χ2n) is 18.0. The van der Waals surface area contributed by atoms with Crippen molar-refractivity contribution in [3.63, 3.8) is 0 Å². The SMILES string of the molecule is C=CCOC(COc1cccc(C(=O)NCCCCCNC(=O)CCN2\C(=C/C=C/C=C/C3=[N+](CCCCS(=O)(=O)O)c4ccccc4C3(C)C)C(C)(C)c3cc(S(N)(=O)=O)ccc32)c1)OCC(=O)O. The quantitative estimate of drug-likeness (QED) is 0.0134. The molecule has 0 bridgehead atoms. The van der Waals surface area contributed by atoms with Gasteiger partial charge in [-0.25, -0.2) is 18.4 Å². The maximum Gasteiger partial charge on any atom is 0.329 e. The largest absolute Gasteiger partial charge is 0.488 e. The molecule has 6 N–H and O–H groups in total. The number of nitrogens with two attached hydrogens (primary N) is 1. The summed E-state index contributed by atoms with van der Waals surface area (Å²) in [7, 11) is -8.03. The molecule has 1 unspecified atom stereocenters. The number of amides is 2. The first-order valence-electron chi connectivity index (χ1n) is 23.2. The molecule has 2 amide bonds. The first-order valence-corrected chi connectivity index (χ1v) is 26.3. The van der Waals surface area contributed by atoms with Crippen LogP contribution in [0.2, 0.25) is 0 Å². The number of nitrogens with zero attached hydrogens (tertiary/aromatic N) is 2. The molecule has 0 spiro atoms. The van der Waals surface area contributed by atoms with E-state index in [4.69, 9.17) is 24.5 Å². The monoisotopic (exact) mass is 1000 g/mol. The lowest BCUT2D eigenvalue weighted by molar-refractivity contribution is -0.438. The summed E-state index contributed by atoms with van der Waals surface area (Å²) in [6.07, 6.45) is 13.5. The summed E-state index contributed by atoms with van der Waals surface area (Å²) in [6, 6.07) is 19.5. The van der Waals surface area contributed by atoms with Crippen LogP contribution in [0.15, 0.2) is 120 Å². The number of carboxylic acid groups (broad SMARTS) is 1. The fourth-order valence-corrected chi connectivity index (χ4v) is 9.61. The van der Waals surface area contributed by atoms with Gasteiger partial charge in [0.15, 0.2) is 12.0 Å². The number of sulfonamides is 1. The predicted molar refractivity (Wildman–Crippen MR) is 269 cm³/mol. The van der Waals surface area contributed by atoms with E-state index < -0.39 is 44.4 Å². The van der Waals surface area contributed by atoms with Crippen molar-refractivity contribution in [1.29, 1.82) is 0 Å². The summed E-state index contributed by atoms with van der Waals surface area (Å²) >= 11 is 0. The second kappa shape index (κ2) is 24.7. The maximum atomic E-state index is 13.2. The van der Waals surface area contributed by atoms with E-state index in [1.165, 1.54) is 12.1 Å². The molecule has 17 nitrogen and oxygen atoms in total. The van der Waals surface area contributed by atoms with Crippen LogP contribution in [0.25, 0.3) is 0 Å². The first-order chi connectivity index (χ1) is 33.1. The molecule has 2 aliphatic rings. The number of carbonyl (C=O) groups excluding carboxylic acids is 2. The number of unbranched alkanes of at least 4 members (excludes halogenated alkanes) is 3. The van der Waals surface area contributed by atoms with Gasteiger partial charge in [-0.3, -0.25) is 14.1 Å². The molecular formula is C51H66N5O12S2+. The van der Waals surface area contributed by atoms with E-state index in [9.17, 15) is 35.8 Å². The van der Waals surface area contributed by atoms with Crippen LogP contribution in [0, 0.1) is 0 Å².